The van der Waals surface area contributed by atoms with Crippen LogP contribution < -0.4 is 11.1 Å². The predicted molar refractivity (Wildman–Crippen MR) is 77.1 cm³/mol. The van der Waals surface area contributed by atoms with E-state index in [0.29, 0.717) is 17.3 Å². The summed E-state index contributed by atoms with van der Waals surface area (Å²) in [6, 6.07) is 5.87. The Hall–Kier alpha value is -1.55. The summed E-state index contributed by atoms with van der Waals surface area (Å²) in [6.45, 7) is 4.70. The van der Waals surface area contributed by atoms with Gasteiger partial charge in [0.15, 0.2) is 5.78 Å². The number of anilines is 2. The van der Waals surface area contributed by atoms with Crippen LogP contribution in [-0.2, 0) is 0 Å². The number of nitrogen functional groups attached to an aromatic ring is 1. The molecule has 4 nitrogen and oxygen atoms in total. The molecule has 1 unspecified atom stereocenters. The maximum absolute atomic E-state index is 11.3. The molecule has 0 heterocycles. The van der Waals surface area contributed by atoms with Crippen molar-refractivity contribution in [2.75, 3.05) is 31.7 Å². The van der Waals surface area contributed by atoms with Gasteiger partial charge in [-0.05, 0) is 59.1 Å². The highest BCUT2D eigenvalue weighted by Crippen LogP contribution is 2.19. The van der Waals surface area contributed by atoms with Crippen LogP contribution in [0.5, 0.6) is 0 Å². The van der Waals surface area contributed by atoms with E-state index >= 15 is 0 Å². The fourth-order valence-electron chi connectivity index (χ4n) is 1.78. The van der Waals surface area contributed by atoms with Crippen molar-refractivity contribution in [2.24, 2.45) is 0 Å². The van der Waals surface area contributed by atoms with Crippen LogP contribution in [0.1, 0.15) is 30.6 Å². The van der Waals surface area contributed by atoms with E-state index in [1.165, 1.54) is 6.92 Å². The van der Waals surface area contributed by atoms with E-state index in [1.54, 1.807) is 6.07 Å². The molecule has 0 aliphatic heterocycles. The van der Waals surface area contributed by atoms with Crippen LogP contribution in [0.3, 0.4) is 0 Å². The van der Waals surface area contributed by atoms with Crippen molar-refractivity contribution in [2.45, 2.75) is 26.3 Å². The SMILES string of the molecule is CC(=O)c1ccc(NC(C)CCN(C)C)cc1N. The molecule has 1 atom stereocenters. The monoisotopic (exact) mass is 249 g/mol. The van der Waals surface area contributed by atoms with Gasteiger partial charge in [0.25, 0.3) is 0 Å². The van der Waals surface area contributed by atoms with Gasteiger partial charge in [0.05, 0.1) is 0 Å². The van der Waals surface area contributed by atoms with E-state index in [4.69, 9.17) is 5.73 Å². The van der Waals surface area contributed by atoms with E-state index in [2.05, 4.69) is 31.2 Å². The maximum Gasteiger partial charge on any atom is 0.161 e. The molecule has 100 valence electrons. The molecule has 0 saturated heterocycles. The Morgan fingerprint density at radius 3 is 2.61 bits per heavy atom. The highest BCUT2D eigenvalue weighted by molar-refractivity contribution is 5.99. The normalized spacial score (nSPS) is 12.5. The van der Waals surface area contributed by atoms with Gasteiger partial charge in [-0.2, -0.15) is 0 Å². The largest absolute Gasteiger partial charge is 0.398 e. The van der Waals surface area contributed by atoms with E-state index in [1.807, 2.05) is 12.1 Å². The number of nitrogens with two attached hydrogens (primary N) is 1. The Labute approximate surface area is 109 Å². The van der Waals surface area contributed by atoms with Crippen molar-refractivity contribution in [3.05, 3.63) is 23.8 Å². The van der Waals surface area contributed by atoms with Gasteiger partial charge in [-0.15, -0.1) is 0 Å². The van der Waals surface area contributed by atoms with Gasteiger partial charge >= 0.3 is 0 Å². The number of carbonyl (C=O) groups is 1. The minimum absolute atomic E-state index is 0.000272. The summed E-state index contributed by atoms with van der Waals surface area (Å²) in [7, 11) is 4.12. The third kappa shape index (κ3) is 4.37. The number of benzene rings is 1. The maximum atomic E-state index is 11.3. The standard InChI is InChI=1S/C14H23N3O/c1-10(7-8-17(3)4)16-12-5-6-13(11(2)18)14(15)9-12/h5-6,9-10,16H,7-8,15H2,1-4H3. The molecule has 4 heteroatoms. The first-order chi connectivity index (χ1) is 8.40. The lowest BCUT2D eigenvalue weighted by Crippen LogP contribution is -2.23. The first-order valence-corrected chi connectivity index (χ1v) is 6.22. The zero-order valence-electron chi connectivity index (χ0n) is 11.7. The lowest BCUT2D eigenvalue weighted by molar-refractivity contribution is 0.101. The quantitative estimate of drug-likeness (QED) is 0.599. The molecule has 1 aromatic carbocycles. The Bertz CT molecular complexity index is 416. The van der Waals surface area contributed by atoms with Crippen LogP contribution in [-0.4, -0.2) is 37.4 Å². The number of ketones is 1. The minimum Gasteiger partial charge on any atom is -0.398 e. The zero-order valence-corrected chi connectivity index (χ0v) is 11.7. The molecule has 0 amide bonds. The van der Waals surface area contributed by atoms with E-state index in [0.717, 1.165) is 18.7 Å². The predicted octanol–water partition coefficient (Wildman–Crippen LogP) is 2.22. The fourth-order valence-corrected chi connectivity index (χ4v) is 1.78. The molecular formula is C14H23N3O. The summed E-state index contributed by atoms with van der Waals surface area (Å²) in [4.78, 5) is 13.4. The molecule has 0 aromatic heterocycles. The summed E-state index contributed by atoms with van der Waals surface area (Å²) in [5.74, 6) is -0.000272. The molecule has 0 radical (unpaired) electrons. The number of hydrogen-bond donors (Lipinski definition) is 2. The summed E-state index contributed by atoms with van der Waals surface area (Å²) >= 11 is 0. The number of nitrogens with one attached hydrogen (secondary N) is 1. The molecule has 0 bridgehead atoms. The van der Waals surface area contributed by atoms with Crippen LogP contribution in [0.4, 0.5) is 11.4 Å². The molecule has 1 rings (SSSR count). The first kappa shape index (κ1) is 14.5. The van der Waals surface area contributed by atoms with Crippen LogP contribution in [0.2, 0.25) is 0 Å². The van der Waals surface area contributed by atoms with Gasteiger partial charge in [-0.25, -0.2) is 0 Å². The zero-order chi connectivity index (χ0) is 13.7. The van der Waals surface area contributed by atoms with Crippen molar-refractivity contribution in [3.63, 3.8) is 0 Å². The highest BCUT2D eigenvalue weighted by atomic mass is 16.1. The van der Waals surface area contributed by atoms with Crippen molar-refractivity contribution in [3.8, 4) is 0 Å². The second-order valence-electron chi connectivity index (χ2n) is 5.00. The van der Waals surface area contributed by atoms with Gasteiger partial charge < -0.3 is 16.0 Å². The summed E-state index contributed by atoms with van der Waals surface area (Å²) in [5, 5.41) is 3.39. The molecule has 0 fully saturated rings. The Morgan fingerprint density at radius 2 is 2.11 bits per heavy atom. The second-order valence-corrected chi connectivity index (χ2v) is 5.00. The van der Waals surface area contributed by atoms with Crippen LogP contribution in [0.15, 0.2) is 18.2 Å². The minimum atomic E-state index is -0.000272. The number of carbonyl (C=O) groups excluding carboxylic acids is 1. The van der Waals surface area contributed by atoms with E-state index < -0.39 is 0 Å². The topological polar surface area (TPSA) is 58.4 Å². The highest BCUT2D eigenvalue weighted by Gasteiger charge is 2.07. The average molecular weight is 249 g/mol. The third-order valence-electron chi connectivity index (χ3n) is 2.85. The van der Waals surface area contributed by atoms with E-state index in [-0.39, 0.29) is 5.78 Å². The number of hydrogen-bond acceptors (Lipinski definition) is 4. The second kappa shape index (κ2) is 6.40. The molecule has 18 heavy (non-hydrogen) atoms. The Morgan fingerprint density at radius 1 is 1.44 bits per heavy atom. The molecule has 0 saturated carbocycles. The summed E-state index contributed by atoms with van der Waals surface area (Å²) < 4.78 is 0. The van der Waals surface area contributed by atoms with Gasteiger partial charge in [0.2, 0.25) is 0 Å². The van der Waals surface area contributed by atoms with Gasteiger partial charge in [0.1, 0.15) is 0 Å². The summed E-state index contributed by atoms with van der Waals surface area (Å²) in [5.41, 5.74) is 7.93. The van der Waals surface area contributed by atoms with Gasteiger partial charge in [0, 0.05) is 23.0 Å². The summed E-state index contributed by atoms with van der Waals surface area (Å²) in [6.07, 6.45) is 1.06. The number of nitrogens with zero attached hydrogens (tertiary/aromatic N) is 1. The van der Waals surface area contributed by atoms with Crippen molar-refractivity contribution >= 4 is 17.2 Å². The van der Waals surface area contributed by atoms with Crippen LogP contribution in [0.25, 0.3) is 0 Å². The number of Topliss-reactive ketones (excluding diaryl/α,β-unsaturated/α-hetero) is 1. The lowest BCUT2D eigenvalue weighted by atomic mass is 10.1. The van der Waals surface area contributed by atoms with Crippen molar-refractivity contribution < 1.29 is 4.79 Å². The Kier molecular flexibility index (Phi) is 5.16. The van der Waals surface area contributed by atoms with Gasteiger partial charge in [-0.1, -0.05) is 0 Å². The molecule has 0 aliphatic carbocycles. The average Bonchev–Trinajstić information content (AvgIpc) is 2.26. The smallest absolute Gasteiger partial charge is 0.161 e. The Balaban J connectivity index is 2.63. The van der Waals surface area contributed by atoms with E-state index in [9.17, 15) is 4.79 Å². The molecular weight excluding hydrogens is 226 g/mol. The fraction of sp³-hybridized carbons (Fsp3) is 0.500. The van der Waals surface area contributed by atoms with Crippen molar-refractivity contribution in [1.29, 1.82) is 0 Å². The first-order valence-electron chi connectivity index (χ1n) is 6.22. The molecule has 0 aliphatic rings. The van der Waals surface area contributed by atoms with Gasteiger partial charge in [-0.3, -0.25) is 4.79 Å². The lowest BCUT2D eigenvalue weighted by Gasteiger charge is -2.18. The number of rotatable bonds is 6. The third-order valence-corrected chi connectivity index (χ3v) is 2.85. The van der Waals surface area contributed by atoms with Crippen LogP contribution >= 0.6 is 0 Å². The molecule has 1 aromatic rings. The molecule has 0 spiro atoms. The van der Waals surface area contributed by atoms with Crippen LogP contribution in [0, 0.1) is 0 Å². The molecule has 3 N–H and O–H groups in total. The van der Waals surface area contributed by atoms with Crippen molar-refractivity contribution in [1.82, 2.24) is 4.90 Å².